The van der Waals surface area contributed by atoms with Crippen LogP contribution in [0, 0.1) is 5.82 Å². The maximum atomic E-state index is 14.7. The Bertz CT molecular complexity index is 947. The van der Waals surface area contributed by atoms with Gasteiger partial charge in [0.2, 0.25) is 0 Å². The molecule has 2 heterocycles. The Balaban J connectivity index is 1.73. The number of hydrogen-bond acceptors (Lipinski definition) is 5. The monoisotopic (exact) mass is 437 g/mol. The van der Waals surface area contributed by atoms with Crippen molar-refractivity contribution in [3.05, 3.63) is 35.2 Å². The van der Waals surface area contributed by atoms with Gasteiger partial charge >= 0.3 is 16.4 Å². The fourth-order valence-corrected chi connectivity index (χ4v) is 4.56. The number of halogens is 4. The van der Waals surface area contributed by atoms with Crippen LogP contribution in [0.4, 0.5) is 23.2 Å². The van der Waals surface area contributed by atoms with Gasteiger partial charge in [0, 0.05) is 25.7 Å². The van der Waals surface area contributed by atoms with Gasteiger partial charge in [-0.05, 0) is 30.5 Å². The van der Waals surface area contributed by atoms with Gasteiger partial charge in [-0.25, -0.2) is 13.4 Å². The van der Waals surface area contributed by atoms with Crippen LogP contribution >= 0.6 is 0 Å². The second-order valence-electron chi connectivity index (χ2n) is 6.79. The Kier molecular flexibility index (Phi) is 5.77. The molecule has 160 valence electrons. The van der Waals surface area contributed by atoms with Crippen LogP contribution in [0.5, 0.6) is 5.75 Å². The summed E-state index contributed by atoms with van der Waals surface area (Å²) in [5.74, 6) is -1.72. The largest absolute Gasteiger partial charge is 0.494 e. The highest BCUT2D eigenvalue weighted by Gasteiger charge is 2.37. The van der Waals surface area contributed by atoms with Crippen molar-refractivity contribution < 1.29 is 35.5 Å². The maximum absolute atomic E-state index is 14.7. The van der Waals surface area contributed by atoms with Crippen LogP contribution in [-0.2, 0) is 21.4 Å². The third-order valence-corrected chi connectivity index (χ3v) is 6.02. The van der Waals surface area contributed by atoms with Crippen molar-refractivity contribution in [1.29, 1.82) is 0 Å². The normalized spacial score (nSPS) is 21.1. The molecule has 0 radical (unpaired) electrons. The zero-order chi connectivity index (χ0) is 21.4. The zero-order valence-corrected chi connectivity index (χ0v) is 16.2. The summed E-state index contributed by atoms with van der Waals surface area (Å²) in [6.07, 6.45) is -3.37. The van der Waals surface area contributed by atoms with E-state index in [1.807, 2.05) is 4.90 Å². The van der Waals surface area contributed by atoms with Crippen molar-refractivity contribution in [3.8, 4) is 5.75 Å². The number of hydrogen-bond donors (Lipinski definition) is 1. The number of rotatable bonds is 5. The molecule has 29 heavy (non-hydrogen) atoms. The molecule has 2 saturated heterocycles. The molecular formula is C17H19F4N3O4S. The number of likely N-dealkylation sites (tertiary alicyclic amines) is 1. The van der Waals surface area contributed by atoms with Crippen molar-refractivity contribution in [2.24, 2.45) is 0 Å². The highest BCUT2D eigenvalue weighted by atomic mass is 32.2. The van der Waals surface area contributed by atoms with E-state index >= 15 is 0 Å². The fraction of sp³-hybridized carbons (Fsp3) is 0.471. The minimum Gasteiger partial charge on any atom is -0.494 e. The molecule has 0 aliphatic carbocycles. The second-order valence-corrected chi connectivity index (χ2v) is 8.38. The first-order chi connectivity index (χ1) is 13.5. The molecule has 2 aliphatic rings. The lowest BCUT2D eigenvalue weighted by molar-refractivity contribution is -0.117. The van der Waals surface area contributed by atoms with Crippen LogP contribution in [0.25, 0.3) is 0 Å². The summed E-state index contributed by atoms with van der Waals surface area (Å²) in [5.41, 5.74) is 0.423. The van der Waals surface area contributed by atoms with Crippen LogP contribution in [0.1, 0.15) is 12.0 Å². The van der Waals surface area contributed by atoms with E-state index in [2.05, 4.69) is 0 Å². The Morgan fingerprint density at radius 1 is 1.28 bits per heavy atom. The molecule has 3 rings (SSSR count). The summed E-state index contributed by atoms with van der Waals surface area (Å²) < 4.78 is 83.5. The van der Waals surface area contributed by atoms with Crippen LogP contribution in [0.2, 0.25) is 0 Å². The molecule has 7 nitrogen and oxygen atoms in total. The van der Waals surface area contributed by atoms with Gasteiger partial charge in [0.15, 0.2) is 5.82 Å². The molecule has 0 spiro atoms. The third kappa shape index (κ3) is 4.99. The minimum absolute atomic E-state index is 0.0563. The summed E-state index contributed by atoms with van der Waals surface area (Å²) in [4.78, 5) is 13.2. The number of nitrogens with zero attached hydrogens (tertiary/aromatic N) is 2. The van der Waals surface area contributed by atoms with Gasteiger partial charge in [0.05, 0.1) is 7.11 Å². The summed E-state index contributed by atoms with van der Waals surface area (Å²) in [5, 5.41) is 0. The molecule has 0 bridgehead atoms. The number of carbonyl (C=O) groups excluding carboxylic acids is 1. The van der Waals surface area contributed by atoms with Crippen molar-refractivity contribution in [1.82, 2.24) is 9.62 Å². The summed E-state index contributed by atoms with van der Waals surface area (Å²) in [6, 6.07) is 2.60. The summed E-state index contributed by atoms with van der Waals surface area (Å²) in [6.45, 7) is 0.507. The SMILES string of the molecule is COc1cc(CCN2CC/C(=C/C(F)(F)F)C2)cc(F)c1N1CC(=O)NS1(=O)=O. The predicted molar refractivity (Wildman–Crippen MR) is 96.3 cm³/mol. The predicted octanol–water partition coefficient (Wildman–Crippen LogP) is 1.75. The van der Waals surface area contributed by atoms with E-state index in [1.165, 1.54) is 13.2 Å². The molecule has 1 aromatic carbocycles. The quantitative estimate of drug-likeness (QED) is 0.561. The number of alkyl halides is 3. The second kappa shape index (κ2) is 7.82. The molecule has 0 unspecified atom stereocenters. The van der Waals surface area contributed by atoms with E-state index in [9.17, 15) is 30.8 Å². The van der Waals surface area contributed by atoms with E-state index in [0.717, 1.165) is 6.07 Å². The lowest BCUT2D eigenvalue weighted by atomic mass is 10.1. The number of benzene rings is 1. The lowest BCUT2D eigenvalue weighted by Gasteiger charge is -2.20. The standard InChI is InChI=1S/C17H19F4N3O4S/c1-28-14-7-11(2-4-23-5-3-12(9-23)8-17(19,20)21)6-13(18)16(14)24-10-15(25)22-29(24,26)27/h6-8H,2-5,9-10H2,1H3,(H,22,25)/b12-8-. The molecule has 0 saturated carbocycles. The van der Waals surface area contributed by atoms with Gasteiger partial charge in [0.1, 0.15) is 18.0 Å². The van der Waals surface area contributed by atoms with Gasteiger partial charge in [-0.15, -0.1) is 0 Å². The van der Waals surface area contributed by atoms with Gasteiger partial charge < -0.3 is 4.74 Å². The first kappa shape index (κ1) is 21.4. The summed E-state index contributed by atoms with van der Waals surface area (Å²) >= 11 is 0. The van der Waals surface area contributed by atoms with Crippen LogP contribution < -0.4 is 13.8 Å². The first-order valence-corrected chi connectivity index (χ1v) is 10.1. The first-order valence-electron chi connectivity index (χ1n) is 8.68. The number of methoxy groups -OCH3 is 1. The average molecular weight is 437 g/mol. The number of anilines is 1. The van der Waals surface area contributed by atoms with Crippen LogP contribution in [0.15, 0.2) is 23.8 Å². The minimum atomic E-state index is -4.34. The van der Waals surface area contributed by atoms with Gasteiger partial charge in [-0.1, -0.05) is 5.57 Å². The molecule has 12 heteroatoms. The third-order valence-electron chi connectivity index (χ3n) is 4.64. The van der Waals surface area contributed by atoms with Gasteiger partial charge in [-0.3, -0.25) is 9.69 Å². The van der Waals surface area contributed by atoms with Crippen molar-refractivity contribution in [3.63, 3.8) is 0 Å². The Morgan fingerprint density at radius 2 is 2.00 bits per heavy atom. The Labute approximate surface area is 165 Å². The topological polar surface area (TPSA) is 79.0 Å². The smallest absolute Gasteiger partial charge is 0.409 e. The molecule has 1 amide bonds. The highest BCUT2D eigenvalue weighted by Crippen LogP contribution is 2.35. The number of carbonyl (C=O) groups is 1. The Morgan fingerprint density at radius 3 is 2.59 bits per heavy atom. The van der Waals surface area contributed by atoms with E-state index in [1.54, 1.807) is 4.72 Å². The molecule has 1 N–H and O–H groups in total. The number of ether oxygens (including phenoxy) is 1. The average Bonchev–Trinajstić information content (AvgIpc) is 3.13. The van der Waals surface area contributed by atoms with Gasteiger partial charge in [0.25, 0.3) is 5.91 Å². The van der Waals surface area contributed by atoms with Crippen molar-refractivity contribution in [2.75, 3.05) is 37.6 Å². The maximum Gasteiger partial charge on any atom is 0.409 e. The molecule has 1 aromatic rings. The molecule has 0 atom stereocenters. The lowest BCUT2D eigenvalue weighted by Crippen LogP contribution is -2.30. The number of amides is 1. The number of nitrogens with one attached hydrogen (secondary N) is 1. The molecule has 2 aliphatic heterocycles. The van der Waals surface area contributed by atoms with Crippen LogP contribution in [0.3, 0.4) is 0 Å². The van der Waals surface area contributed by atoms with E-state index < -0.39 is 34.7 Å². The molecule has 2 fully saturated rings. The molecular weight excluding hydrogens is 418 g/mol. The van der Waals surface area contributed by atoms with Crippen molar-refractivity contribution >= 4 is 21.8 Å². The highest BCUT2D eigenvalue weighted by molar-refractivity contribution is 7.92. The number of allylic oxidation sites excluding steroid dienone is 1. The zero-order valence-electron chi connectivity index (χ0n) is 15.4. The van der Waals surface area contributed by atoms with E-state index in [-0.39, 0.29) is 18.0 Å². The van der Waals surface area contributed by atoms with Crippen molar-refractivity contribution in [2.45, 2.75) is 19.0 Å². The summed E-state index contributed by atoms with van der Waals surface area (Å²) in [7, 11) is -2.95. The van der Waals surface area contributed by atoms with Gasteiger partial charge in [-0.2, -0.15) is 21.6 Å². The van der Waals surface area contributed by atoms with E-state index in [0.29, 0.717) is 47.4 Å². The molecule has 0 aromatic heterocycles. The fourth-order valence-electron chi connectivity index (χ4n) is 3.39. The Hall–Kier alpha value is -2.34. The van der Waals surface area contributed by atoms with E-state index in [4.69, 9.17) is 4.74 Å². The van der Waals surface area contributed by atoms with Crippen LogP contribution in [-0.4, -0.2) is 58.7 Å².